The zero-order valence-electron chi connectivity index (χ0n) is 14.5. The second-order valence-corrected chi connectivity index (χ2v) is 6.82. The maximum absolute atomic E-state index is 13.7. The van der Waals surface area contributed by atoms with Crippen LogP contribution in [0.15, 0.2) is 48.7 Å². The number of rotatable bonds is 3. The van der Waals surface area contributed by atoms with Gasteiger partial charge in [0.25, 0.3) is 0 Å². The zero-order valence-corrected chi connectivity index (χ0v) is 14.5. The van der Waals surface area contributed by atoms with Gasteiger partial charge in [-0.15, -0.1) is 0 Å². The van der Waals surface area contributed by atoms with Gasteiger partial charge < -0.3 is 10.0 Å². The highest BCUT2D eigenvalue weighted by atomic mass is 19.1. The van der Waals surface area contributed by atoms with Gasteiger partial charge in [0.15, 0.2) is 0 Å². The lowest BCUT2D eigenvalue weighted by atomic mass is 9.96. The Labute approximate surface area is 155 Å². The molecule has 27 heavy (non-hydrogen) atoms. The Balaban J connectivity index is 1.82. The van der Waals surface area contributed by atoms with Crippen LogP contribution in [0.5, 0.6) is 0 Å². The van der Waals surface area contributed by atoms with Gasteiger partial charge in [-0.25, -0.2) is 13.8 Å². The summed E-state index contributed by atoms with van der Waals surface area (Å²) in [6.07, 6.45) is 3.05. The Kier molecular flexibility index (Phi) is 4.48. The van der Waals surface area contributed by atoms with Crippen LogP contribution in [-0.4, -0.2) is 29.1 Å². The summed E-state index contributed by atoms with van der Waals surface area (Å²) in [6.45, 7) is 1.13. The average Bonchev–Trinajstić information content (AvgIpc) is 2.66. The zero-order chi connectivity index (χ0) is 19.0. The Bertz CT molecular complexity index is 1000. The Morgan fingerprint density at radius 2 is 1.81 bits per heavy atom. The summed E-state index contributed by atoms with van der Waals surface area (Å²) in [6, 6.07) is 10.9. The highest BCUT2D eigenvalue weighted by Crippen LogP contribution is 2.35. The molecule has 4 rings (SSSR count). The molecular weight excluding hydrogens is 350 g/mol. The molecule has 0 bridgehead atoms. The number of nitrogens with zero attached hydrogens (tertiary/aromatic N) is 2. The molecule has 1 N–H and O–H groups in total. The van der Waals surface area contributed by atoms with Crippen molar-refractivity contribution in [2.75, 3.05) is 18.0 Å². The van der Waals surface area contributed by atoms with Gasteiger partial charge in [0.2, 0.25) is 0 Å². The summed E-state index contributed by atoms with van der Waals surface area (Å²) in [7, 11) is 0. The number of halogens is 2. The fraction of sp³-hybridized carbons (Fsp3) is 0.238. The first-order chi connectivity index (χ1) is 13.0. The lowest BCUT2D eigenvalue weighted by Gasteiger charge is -2.32. The van der Waals surface area contributed by atoms with Crippen LogP contribution in [0.25, 0.3) is 21.9 Å². The van der Waals surface area contributed by atoms with Gasteiger partial charge in [0.05, 0.1) is 5.92 Å². The maximum atomic E-state index is 13.7. The topological polar surface area (TPSA) is 53.4 Å². The van der Waals surface area contributed by atoms with E-state index in [-0.39, 0.29) is 0 Å². The molecule has 6 heteroatoms. The average molecular weight is 368 g/mol. The van der Waals surface area contributed by atoms with Crippen molar-refractivity contribution < 1.29 is 18.7 Å². The predicted octanol–water partition coefficient (Wildman–Crippen LogP) is 4.48. The number of aromatic nitrogens is 1. The number of piperidine rings is 1. The lowest BCUT2D eigenvalue weighted by Crippen LogP contribution is -2.39. The third-order valence-electron chi connectivity index (χ3n) is 5.02. The molecule has 2 aromatic carbocycles. The van der Waals surface area contributed by atoms with E-state index in [9.17, 15) is 18.7 Å². The minimum atomic E-state index is -0.795. The van der Waals surface area contributed by atoms with E-state index < -0.39 is 23.5 Å². The van der Waals surface area contributed by atoms with Crippen molar-refractivity contribution in [1.29, 1.82) is 0 Å². The molecule has 1 aromatic heterocycles. The number of aliphatic carboxylic acids is 1. The number of hydrogen-bond donors (Lipinski definition) is 1. The highest BCUT2D eigenvalue weighted by Gasteiger charge is 2.27. The third-order valence-corrected chi connectivity index (χ3v) is 5.02. The monoisotopic (exact) mass is 368 g/mol. The van der Waals surface area contributed by atoms with Crippen molar-refractivity contribution in [2.45, 2.75) is 12.8 Å². The number of pyridine rings is 1. The summed E-state index contributed by atoms with van der Waals surface area (Å²) >= 11 is 0. The van der Waals surface area contributed by atoms with Gasteiger partial charge in [-0.1, -0.05) is 24.3 Å². The van der Waals surface area contributed by atoms with Gasteiger partial charge in [-0.05, 0) is 35.9 Å². The molecule has 1 atom stereocenters. The molecule has 0 amide bonds. The number of hydrogen-bond acceptors (Lipinski definition) is 3. The Hall–Kier alpha value is -3.02. The van der Waals surface area contributed by atoms with Crippen LogP contribution in [0, 0.1) is 17.6 Å². The van der Waals surface area contributed by atoms with Crippen LogP contribution >= 0.6 is 0 Å². The minimum absolute atomic E-state index is 0.403. The van der Waals surface area contributed by atoms with Crippen LogP contribution in [0.4, 0.5) is 14.6 Å². The van der Waals surface area contributed by atoms with E-state index in [0.29, 0.717) is 29.9 Å². The fourth-order valence-corrected chi connectivity index (χ4v) is 3.74. The second-order valence-electron chi connectivity index (χ2n) is 6.82. The molecule has 1 fully saturated rings. The highest BCUT2D eigenvalue weighted by molar-refractivity contribution is 6.02. The first-order valence-electron chi connectivity index (χ1n) is 8.85. The van der Waals surface area contributed by atoms with E-state index in [0.717, 1.165) is 29.8 Å². The van der Waals surface area contributed by atoms with Gasteiger partial charge in [-0.3, -0.25) is 4.79 Å². The van der Waals surface area contributed by atoms with E-state index in [4.69, 9.17) is 0 Å². The van der Waals surface area contributed by atoms with E-state index in [1.807, 2.05) is 29.2 Å². The summed E-state index contributed by atoms with van der Waals surface area (Å²) < 4.78 is 27.4. The lowest BCUT2D eigenvalue weighted by molar-refractivity contribution is -0.141. The molecule has 0 spiro atoms. The quantitative estimate of drug-likeness (QED) is 0.741. The molecule has 0 aliphatic carbocycles. The third kappa shape index (κ3) is 3.35. The summed E-state index contributed by atoms with van der Waals surface area (Å²) in [4.78, 5) is 17.9. The Morgan fingerprint density at radius 3 is 2.52 bits per heavy atom. The van der Waals surface area contributed by atoms with Gasteiger partial charge in [-0.2, -0.15) is 0 Å². The van der Waals surface area contributed by atoms with E-state index >= 15 is 0 Å². The summed E-state index contributed by atoms with van der Waals surface area (Å²) in [5, 5.41) is 11.0. The number of benzene rings is 2. The van der Waals surface area contributed by atoms with Crippen molar-refractivity contribution in [3.8, 4) is 11.1 Å². The number of carboxylic acids is 1. The van der Waals surface area contributed by atoms with Crippen LogP contribution in [0.1, 0.15) is 12.8 Å². The van der Waals surface area contributed by atoms with Crippen LogP contribution < -0.4 is 4.90 Å². The fourth-order valence-electron chi connectivity index (χ4n) is 3.74. The van der Waals surface area contributed by atoms with E-state index in [1.165, 1.54) is 12.1 Å². The van der Waals surface area contributed by atoms with Gasteiger partial charge >= 0.3 is 5.97 Å². The number of fused-ring (bicyclic) bond motifs is 1. The first-order valence-corrected chi connectivity index (χ1v) is 8.85. The van der Waals surface area contributed by atoms with Crippen molar-refractivity contribution >= 4 is 22.6 Å². The normalized spacial score (nSPS) is 17.3. The maximum Gasteiger partial charge on any atom is 0.308 e. The number of carbonyl (C=O) groups is 1. The molecular formula is C21H18F2N2O2. The van der Waals surface area contributed by atoms with Crippen molar-refractivity contribution in [3.63, 3.8) is 0 Å². The van der Waals surface area contributed by atoms with E-state index in [1.54, 1.807) is 6.20 Å². The second kappa shape index (κ2) is 6.95. The number of anilines is 1. The minimum Gasteiger partial charge on any atom is -0.481 e. The molecule has 3 aromatic rings. The van der Waals surface area contributed by atoms with Crippen molar-refractivity contribution in [3.05, 3.63) is 60.3 Å². The Morgan fingerprint density at radius 1 is 1.11 bits per heavy atom. The molecule has 1 unspecified atom stereocenters. The van der Waals surface area contributed by atoms with Crippen molar-refractivity contribution in [1.82, 2.24) is 4.98 Å². The molecule has 138 valence electrons. The first kappa shape index (κ1) is 17.4. The smallest absolute Gasteiger partial charge is 0.308 e. The predicted molar refractivity (Wildman–Crippen MR) is 99.7 cm³/mol. The standard InChI is InChI=1S/C21H18F2N2O2/c22-15-8-14(9-16(23)10-15)19-11-24-20(18-6-2-1-5-17(18)19)25-7-3-4-13(12-25)21(26)27/h1-2,5-6,8-11,13H,3-4,7,12H2,(H,26,27). The van der Waals surface area contributed by atoms with Gasteiger partial charge in [0.1, 0.15) is 17.5 Å². The van der Waals surface area contributed by atoms with Crippen LogP contribution in [0.2, 0.25) is 0 Å². The van der Waals surface area contributed by atoms with E-state index in [2.05, 4.69) is 4.98 Å². The largest absolute Gasteiger partial charge is 0.481 e. The van der Waals surface area contributed by atoms with Crippen LogP contribution in [-0.2, 0) is 4.79 Å². The van der Waals surface area contributed by atoms with Crippen LogP contribution in [0.3, 0.4) is 0 Å². The molecule has 1 aliphatic rings. The molecule has 4 nitrogen and oxygen atoms in total. The molecule has 0 radical (unpaired) electrons. The van der Waals surface area contributed by atoms with Gasteiger partial charge in [0, 0.05) is 36.3 Å². The summed E-state index contributed by atoms with van der Waals surface area (Å²) in [5.41, 5.74) is 1.06. The molecule has 0 saturated carbocycles. The molecule has 1 aliphatic heterocycles. The molecule has 2 heterocycles. The number of carboxylic acid groups (broad SMARTS) is 1. The van der Waals surface area contributed by atoms with Crippen molar-refractivity contribution in [2.24, 2.45) is 5.92 Å². The SMILES string of the molecule is O=C(O)C1CCCN(c2ncc(-c3cc(F)cc(F)c3)c3ccccc23)C1. The molecule has 1 saturated heterocycles. The summed E-state index contributed by atoms with van der Waals surface area (Å²) in [5.74, 6) is -1.79.